The summed E-state index contributed by atoms with van der Waals surface area (Å²) in [7, 11) is -3.73. The maximum absolute atomic E-state index is 12.3. The maximum atomic E-state index is 12.3. The van der Waals surface area contributed by atoms with Crippen molar-refractivity contribution >= 4 is 15.7 Å². The van der Waals surface area contributed by atoms with Crippen molar-refractivity contribution in [3.63, 3.8) is 0 Å². The number of aromatic hydroxyl groups is 1. The largest absolute Gasteiger partial charge is 0.507 e. The van der Waals surface area contributed by atoms with Gasteiger partial charge in [-0.25, -0.2) is 8.42 Å². The Hall–Kier alpha value is -2.31. The third-order valence-electron chi connectivity index (χ3n) is 3.20. The van der Waals surface area contributed by atoms with Gasteiger partial charge in [0.05, 0.1) is 10.6 Å². The topological polar surface area (TPSA) is 78.4 Å². The van der Waals surface area contributed by atoms with Crippen LogP contribution in [0.15, 0.2) is 53.9 Å². The summed E-state index contributed by atoms with van der Waals surface area (Å²) in [5.74, 6) is 0.0194. The number of hydrogen-bond acceptors (Lipinski definition) is 4. The van der Waals surface area contributed by atoms with Gasteiger partial charge < -0.3 is 10.5 Å². The summed E-state index contributed by atoms with van der Waals surface area (Å²) < 4.78 is 24.7. The Kier molecular flexibility index (Phi) is 4.54. The third kappa shape index (κ3) is 3.47. The second kappa shape index (κ2) is 6.21. The van der Waals surface area contributed by atoms with Crippen LogP contribution in [0, 0.1) is 13.8 Å². The molecule has 0 bridgehead atoms. The molecule has 0 spiro atoms. The van der Waals surface area contributed by atoms with Crippen molar-refractivity contribution in [1.82, 2.24) is 10.3 Å². The smallest absolute Gasteiger partial charge is 0.257 e. The number of hydrogen-bond donors (Lipinski definition) is 3. The molecule has 5 nitrogen and oxygen atoms in total. The van der Waals surface area contributed by atoms with E-state index in [1.807, 2.05) is 13.0 Å². The molecule has 0 saturated carbocycles. The molecule has 0 radical (unpaired) electrons. The molecule has 0 fully saturated rings. The van der Waals surface area contributed by atoms with Crippen LogP contribution in [0.2, 0.25) is 0 Å². The van der Waals surface area contributed by atoms with Gasteiger partial charge in [0.2, 0.25) is 0 Å². The quantitative estimate of drug-likeness (QED) is 0.740. The Morgan fingerprint density at radius 3 is 2.50 bits per heavy atom. The van der Waals surface area contributed by atoms with E-state index in [-0.39, 0.29) is 16.3 Å². The highest BCUT2D eigenvalue weighted by Crippen LogP contribution is 2.21. The average molecular weight is 318 g/mol. The van der Waals surface area contributed by atoms with Gasteiger partial charge in [-0.15, -0.1) is 4.83 Å². The van der Waals surface area contributed by atoms with E-state index in [1.54, 1.807) is 37.3 Å². The molecule has 0 aliphatic heterocycles. The summed E-state index contributed by atoms with van der Waals surface area (Å²) in [6.45, 7) is 7.28. The molecule has 2 aromatic rings. The lowest BCUT2D eigenvalue weighted by molar-refractivity contribution is 0.473. The number of para-hydroxylation sites is 1. The molecule has 2 aromatic carbocycles. The van der Waals surface area contributed by atoms with Crippen LogP contribution >= 0.6 is 0 Å². The van der Waals surface area contributed by atoms with Crippen molar-refractivity contribution in [1.29, 1.82) is 0 Å². The van der Waals surface area contributed by atoms with Gasteiger partial charge in [0.1, 0.15) is 5.75 Å². The number of phenolic OH excluding ortho intramolecular Hbond substituents is 1. The Morgan fingerprint density at radius 1 is 1.14 bits per heavy atom. The molecule has 0 unspecified atom stereocenters. The highest BCUT2D eigenvalue weighted by molar-refractivity contribution is 7.89. The van der Waals surface area contributed by atoms with Crippen LogP contribution in [0.4, 0.5) is 0 Å². The summed E-state index contributed by atoms with van der Waals surface area (Å²) >= 11 is 0. The van der Waals surface area contributed by atoms with Gasteiger partial charge >= 0.3 is 0 Å². The number of aryl methyl sites for hydroxylation is 2. The molecule has 0 aromatic heterocycles. The van der Waals surface area contributed by atoms with Gasteiger partial charge in [0.15, 0.2) is 0 Å². The molecule has 116 valence electrons. The summed E-state index contributed by atoms with van der Waals surface area (Å²) in [6.07, 6.45) is 0. The number of nitrogens with one attached hydrogen (secondary N) is 2. The Balaban J connectivity index is 2.18. The molecule has 0 heterocycles. The van der Waals surface area contributed by atoms with E-state index in [2.05, 4.69) is 16.8 Å². The Bertz CT molecular complexity index is 814. The van der Waals surface area contributed by atoms with Crippen molar-refractivity contribution in [2.45, 2.75) is 18.7 Å². The van der Waals surface area contributed by atoms with Gasteiger partial charge in [0.25, 0.3) is 10.0 Å². The van der Waals surface area contributed by atoms with Crippen molar-refractivity contribution in [2.24, 2.45) is 0 Å². The lowest BCUT2D eigenvalue weighted by Crippen LogP contribution is -2.36. The fourth-order valence-corrected chi connectivity index (χ4v) is 3.18. The standard InChI is InChI=1S/C16H18N2O3S/c1-11-8-9-12(2)16(10-11)22(20,21)18-17-13(3)14-6-4-5-7-15(14)19/h4-10,17-19H,3H2,1-2H3. The molecule has 2 rings (SSSR count). The second-order valence-electron chi connectivity index (χ2n) is 5.00. The zero-order chi connectivity index (χ0) is 16.3. The molecule has 6 heteroatoms. The van der Waals surface area contributed by atoms with E-state index in [0.717, 1.165) is 5.56 Å². The maximum Gasteiger partial charge on any atom is 0.257 e. The predicted octanol–water partition coefficient (Wildman–Crippen LogP) is 2.46. The van der Waals surface area contributed by atoms with Gasteiger partial charge in [-0.05, 0) is 43.2 Å². The molecule has 0 saturated heterocycles. The third-order valence-corrected chi connectivity index (χ3v) is 4.59. The van der Waals surface area contributed by atoms with Crippen molar-refractivity contribution in [3.8, 4) is 5.75 Å². The lowest BCUT2D eigenvalue weighted by Gasteiger charge is -2.14. The Morgan fingerprint density at radius 2 is 1.82 bits per heavy atom. The van der Waals surface area contributed by atoms with E-state index in [4.69, 9.17) is 0 Å². The average Bonchev–Trinajstić information content (AvgIpc) is 2.48. The van der Waals surface area contributed by atoms with E-state index >= 15 is 0 Å². The zero-order valence-corrected chi connectivity index (χ0v) is 13.2. The predicted molar refractivity (Wildman–Crippen MR) is 86.5 cm³/mol. The van der Waals surface area contributed by atoms with Crippen molar-refractivity contribution in [2.75, 3.05) is 0 Å². The van der Waals surface area contributed by atoms with Gasteiger partial charge in [-0.2, -0.15) is 0 Å². The molecule has 0 atom stereocenters. The first-order valence-electron chi connectivity index (χ1n) is 6.63. The van der Waals surface area contributed by atoms with E-state index in [0.29, 0.717) is 11.1 Å². The van der Waals surface area contributed by atoms with Crippen LogP contribution in [0.5, 0.6) is 5.75 Å². The van der Waals surface area contributed by atoms with Crippen molar-refractivity contribution < 1.29 is 13.5 Å². The summed E-state index contributed by atoms with van der Waals surface area (Å²) in [5.41, 5.74) is 4.71. The molecule has 0 aliphatic rings. The highest BCUT2D eigenvalue weighted by Gasteiger charge is 2.17. The van der Waals surface area contributed by atoms with Crippen LogP contribution in [0.25, 0.3) is 5.70 Å². The molecule has 0 amide bonds. The van der Waals surface area contributed by atoms with Gasteiger partial charge in [0, 0.05) is 5.56 Å². The molecular weight excluding hydrogens is 300 g/mol. The molecule has 3 N–H and O–H groups in total. The zero-order valence-electron chi connectivity index (χ0n) is 12.4. The molecule has 22 heavy (non-hydrogen) atoms. The van der Waals surface area contributed by atoms with Crippen molar-refractivity contribution in [3.05, 3.63) is 65.7 Å². The number of phenols is 1. The number of hydrazine groups is 1. The first kappa shape index (κ1) is 16.1. The fourth-order valence-electron chi connectivity index (χ4n) is 1.98. The second-order valence-corrected chi connectivity index (χ2v) is 6.65. The molecule has 0 aliphatic carbocycles. The first-order valence-corrected chi connectivity index (χ1v) is 8.12. The van der Waals surface area contributed by atoms with E-state index in [1.165, 1.54) is 6.07 Å². The van der Waals surface area contributed by atoms with Crippen LogP contribution < -0.4 is 10.3 Å². The van der Waals surface area contributed by atoms with Gasteiger partial charge in [-0.1, -0.05) is 30.8 Å². The number of sulfonamides is 1. The summed E-state index contributed by atoms with van der Waals surface area (Å²) in [4.78, 5) is 2.48. The van der Waals surface area contributed by atoms with Gasteiger partial charge in [-0.3, -0.25) is 0 Å². The van der Waals surface area contributed by atoms with E-state index < -0.39 is 10.0 Å². The van der Waals surface area contributed by atoms with E-state index in [9.17, 15) is 13.5 Å². The van der Waals surface area contributed by atoms with Crippen LogP contribution in [-0.4, -0.2) is 13.5 Å². The SMILES string of the molecule is C=C(NNS(=O)(=O)c1cc(C)ccc1C)c1ccccc1O. The fraction of sp³-hybridized carbons (Fsp3) is 0.125. The summed E-state index contributed by atoms with van der Waals surface area (Å²) in [6, 6.07) is 11.7. The lowest BCUT2D eigenvalue weighted by atomic mass is 10.1. The van der Waals surface area contributed by atoms with Crippen LogP contribution in [0.3, 0.4) is 0 Å². The number of rotatable bonds is 5. The minimum atomic E-state index is -3.73. The highest BCUT2D eigenvalue weighted by atomic mass is 32.2. The van der Waals surface area contributed by atoms with Crippen LogP contribution in [-0.2, 0) is 10.0 Å². The monoisotopic (exact) mass is 318 g/mol. The minimum absolute atomic E-state index is 0.0194. The summed E-state index contributed by atoms with van der Waals surface area (Å²) in [5, 5.41) is 9.73. The number of benzene rings is 2. The first-order chi connectivity index (χ1) is 10.3. The molecular formula is C16H18N2O3S. The minimum Gasteiger partial charge on any atom is -0.507 e. The Labute approximate surface area is 130 Å². The normalized spacial score (nSPS) is 11.2. The van der Waals surface area contributed by atoms with Crippen LogP contribution in [0.1, 0.15) is 16.7 Å².